The van der Waals surface area contributed by atoms with Gasteiger partial charge < -0.3 is 5.32 Å². The number of benzene rings is 1. The fourth-order valence-corrected chi connectivity index (χ4v) is 3.12. The fourth-order valence-electron chi connectivity index (χ4n) is 2.18. The van der Waals surface area contributed by atoms with Gasteiger partial charge in [-0.05, 0) is 36.5 Å². The molecule has 0 atom stereocenters. The van der Waals surface area contributed by atoms with Gasteiger partial charge in [0.05, 0.1) is 0 Å². The highest BCUT2D eigenvalue weighted by Crippen LogP contribution is 2.39. The van der Waals surface area contributed by atoms with E-state index in [9.17, 15) is 0 Å². The molecule has 1 N–H and O–H groups in total. The van der Waals surface area contributed by atoms with Gasteiger partial charge in [0, 0.05) is 10.5 Å². The Balaban J connectivity index is 1.58. The quantitative estimate of drug-likeness (QED) is 0.940. The minimum Gasteiger partial charge on any atom is -0.357 e. The smallest absolute Gasteiger partial charge is 0.205 e. The van der Waals surface area contributed by atoms with Crippen LogP contribution in [-0.4, -0.2) is 16.2 Å². The molecule has 0 saturated heterocycles. The lowest BCUT2D eigenvalue weighted by Gasteiger charge is -2.36. The summed E-state index contributed by atoms with van der Waals surface area (Å²) in [7, 11) is 0. The highest BCUT2D eigenvalue weighted by molar-refractivity contribution is 9.10. The van der Waals surface area contributed by atoms with Crippen LogP contribution in [0.3, 0.4) is 0 Å². The summed E-state index contributed by atoms with van der Waals surface area (Å²) in [6, 6.07) is 9.14. The molecule has 5 heteroatoms. The Bertz CT molecular complexity index is 494. The van der Waals surface area contributed by atoms with Gasteiger partial charge in [-0.25, -0.2) is 0 Å². The highest BCUT2D eigenvalue weighted by atomic mass is 79.9. The van der Waals surface area contributed by atoms with Gasteiger partial charge in [0.25, 0.3) is 0 Å². The van der Waals surface area contributed by atoms with Crippen molar-refractivity contribution in [2.45, 2.75) is 24.8 Å². The van der Waals surface area contributed by atoms with Gasteiger partial charge in [0.15, 0.2) is 0 Å². The molecule has 1 aromatic heterocycles. The largest absolute Gasteiger partial charge is 0.357 e. The minimum absolute atomic E-state index is 0.548. The summed E-state index contributed by atoms with van der Waals surface area (Å²) in [4.78, 5) is 0. The van der Waals surface area contributed by atoms with E-state index in [2.05, 4.69) is 55.7 Å². The lowest BCUT2D eigenvalue weighted by atomic mass is 9.76. The SMILES string of the molecule is Brc1cccc(C2CC(Nc3nncs3)C2)c1. The number of halogens is 1. The number of hydrogen-bond donors (Lipinski definition) is 1. The molecule has 1 saturated carbocycles. The molecule has 1 heterocycles. The van der Waals surface area contributed by atoms with E-state index in [0.29, 0.717) is 12.0 Å². The van der Waals surface area contributed by atoms with E-state index in [4.69, 9.17) is 0 Å². The van der Waals surface area contributed by atoms with Gasteiger partial charge in [0.2, 0.25) is 5.13 Å². The molecule has 2 aromatic rings. The monoisotopic (exact) mass is 309 g/mol. The summed E-state index contributed by atoms with van der Waals surface area (Å²) < 4.78 is 1.16. The van der Waals surface area contributed by atoms with Crippen LogP contribution in [-0.2, 0) is 0 Å². The molecule has 0 aliphatic heterocycles. The van der Waals surface area contributed by atoms with Gasteiger partial charge in [-0.1, -0.05) is 39.4 Å². The van der Waals surface area contributed by atoms with Crippen LogP contribution < -0.4 is 5.32 Å². The summed E-state index contributed by atoms with van der Waals surface area (Å²) in [6.45, 7) is 0. The summed E-state index contributed by atoms with van der Waals surface area (Å²) in [6.07, 6.45) is 2.35. The molecule has 88 valence electrons. The Morgan fingerprint density at radius 1 is 1.35 bits per heavy atom. The predicted octanol–water partition coefficient (Wildman–Crippen LogP) is 3.66. The van der Waals surface area contributed by atoms with Gasteiger partial charge in [-0.2, -0.15) is 0 Å². The maximum Gasteiger partial charge on any atom is 0.205 e. The van der Waals surface area contributed by atoms with Gasteiger partial charge in [0.1, 0.15) is 5.51 Å². The standard InChI is InChI=1S/C12H12BrN3S/c13-10-3-1-2-8(4-10)9-5-11(6-9)15-12-16-14-7-17-12/h1-4,7,9,11H,5-6H2,(H,15,16). The molecule has 1 fully saturated rings. The van der Waals surface area contributed by atoms with Crippen molar-refractivity contribution in [3.05, 3.63) is 39.8 Å². The first-order valence-electron chi connectivity index (χ1n) is 5.59. The van der Waals surface area contributed by atoms with E-state index in [1.807, 2.05) is 0 Å². The van der Waals surface area contributed by atoms with E-state index in [1.54, 1.807) is 16.8 Å². The molecule has 1 aliphatic carbocycles. The van der Waals surface area contributed by atoms with Crippen molar-refractivity contribution in [2.75, 3.05) is 5.32 Å². The van der Waals surface area contributed by atoms with E-state index < -0.39 is 0 Å². The Kier molecular flexibility index (Phi) is 3.11. The number of nitrogens with zero attached hydrogens (tertiary/aromatic N) is 2. The molecule has 0 spiro atoms. The van der Waals surface area contributed by atoms with Crippen molar-refractivity contribution in [3.63, 3.8) is 0 Å². The van der Waals surface area contributed by atoms with E-state index in [0.717, 1.165) is 9.60 Å². The number of nitrogens with one attached hydrogen (secondary N) is 1. The molecule has 1 aliphatic rings. The number of anilines is 1. The van der Waals surface area contributed by atoms with Crippen molar-refractivity contribution in [2.24, 2.45) is 0 Å². The van der Waals surface area contributed by atoms with E-state index in [1.165, 1.54) is 18.4 Å². The number of hydrogen-bond acceptors (Lipinski definition) is 4. The van der Waals surface area contributed by atoms with Crippen LogP contribution in [0.15, 0.2) is 34.2 Å². The van der Waals surface area contributed by atoms with Crippen LogP contribution in [0.2, 0.25) is 0 Å². The van der Waals surface area contributed by atoms with Crippen LogP contribution in [0, 0.1) is 0 Å². The Morgan fingerprint density at radius 3 is 2.94 bits per heavy atom. The second-order valence-corrected chi connectivity index (χ2v) is 6.06. The summed E-state index contributed by atoms with van der Waals surface area (Å²) in [5, 5.41) is 12.2. The molecule has 17 heavy (non-hydrogen) atoms. The zero-order chi connectivity index (χ0) is 11.7. The minimum atomic E-state index is 0.548. The maximum absolute atomic E-state index is 4.00. The highest BCUT2D eigenvalue weighted by Gasteiger charge is 2.30. The Hall–Kier alpha value is -0.940. The topological polar surface area (TPSA) is 37.8 Å². The summed E-state index contributed by atoms with van der Waals surface area (Å²) in [5.74, 6) is 0.679. The van der Waals surface area contributed by atoms with Crippen molar-refractivity contribution in [3.8, 4) is 0 Å². The van der Waals surface area contributed by atoms with Crippen LogP contribution in [0.4, 0.5) is 5.13 Å². The molecule has 0 bridgehead atoms. The van der Waals surface area contributed by atoms with Gasteiger partial charge in [-0.3, -0.25) is 0 Å². The van der Waals surface area contributed by atoms with E-state index in [-0.39, 0.29) is 0 Å². The third-order valence-corrected chi connectivity index (χ3v) is 4.26. The first-order valence-corrected chi connectivity index (χ1v) is 7.26. The second kappa shape index (κ2) is 4.74. The molecule has 3 nitrogen and oxygen atoms in total. The average molecular weight is 310 g/mol. The van der Waals surface area contributed by atoms with Crippen LogP contribution >= 0.6 is 27.3 Å². The Labute approximate surface area is 112 Å². The predicted molar refractivity (Wildman–Crippen MR) is 73.4 cm³/mol. The lowest BCUT2D eigenvalue weighted by molar-refractivity contribution is 0.374. The van der Waals surface area contributed by atoms with Crippen LogP contribution in [0.25, 0.3) is 0 Å². The summed E-state index contributed by atoms with van der Waals surface area (Å²) >= 11 is 5.07. The molecule has 0 radical (unpaired) electrons. The molecule has 0 amide bonds. The first kappa shape index (κ1) is 11.2. The zero-order valence-corrected chi connectivity index (χ0v) is 11.5. The maximum atomic E-state index is 4.00. The zero-order valence-electron chi connectivity index (χ0n) is 9.14. The number of aromatic nitrogens is 2. The van der Waals surface area contributed by atoms with Crippen molar-refractivity contribution < 1.29 is 0 Å². The first-order chi connectivity index (χ1) is 8.31. The third-order valence-electron chi connectivity index (χ3n) is 3.15. The molecule has 3 rings (SSSR count). The lowest BCUT2D eigenvalue weighted by Crippen LogP contribution is -2.33. The van der Waals surface area contributed by atoms with Crippen molar-refractivity contribution in [1.29, 1.82) is 0 Å². The van der Waals surface area contributed by atoms with Crippen LogP contribution in [0.5, 0.6) is 0 Å². The Morgan fingerprint density at radius 2 is 2.24 bits per heavy atom. The molecular weight excluding hydrogens is 298 g/mol. The van der Waals surface area contributed by atoms with Crippen LogP contribution in [0.1, 0.15) is 24.3 Å². The second-order valence-electron chi connectivity index (χ2n) is 4.31. The summed E-state index contributed by atoms with van der Waals surface area (Å²) in [5.41, 5.74) is 3.18. The third kappa shape index (κ3) is 2.50. The van der Waals surface area contributed by atoms with Crippen molar-refractivity contribution >= 4 is 32.4 Å². The number of rotatable bonds is 3. The van der Waals surface area contributed by atoms with E-state index >= 15 is 0 Å². The van der Waals surface area contributed by atoms with Gasteiger partial charge in [-0.15, -0.1) is 10.2 Å². The molecule has 0 unspecified atom stereocenters. The average Bonchev–Trinajstić information content (AvgIpc) is 2.75. The van der Waals surface area contributed by atoms with Crippen molar-refractivity contribution in [1.82, 2.24) is 10.2 Å². The fraction of sp³-hybridized carbons (Fsp3) is 0.333. The molecular formula is C12H12BrN3S. The molecule has 1 aromatic carbocycles. The van der Waals surface area contributed by atoms with Gasteiger partial charge >= 0.3 is 0 Å². The normalized spacial score (nSPS) is 23.1.